The predicted molar refractivity (Wildman–Crippen MR) is 137 cm³/mol. The molecule has 0 saturated heterocycles. The highest BCUT2D eigenvalue weighted by atomic mass is 16.2. The number of nitrogens with zero attached hydrogens (tertiary/aromatic N) is 1. The summed E-state index contributed by atoms with van der Waals surface area (Å²) in [5.74, 6) is 0.0753. The summed E-state index contributed by atoms with van der Waals surface area (Å²) in [6.45, 7) is 9.96. The number of carbonyl (C=O) groups excluding carboxylic acids is 3. The van der Waals surface area contributed by atoms with Crippen LogP contribution in [0.4, 0.5) is 0 Å². The SMILES string of the molecule is CCCN(CCC)C(=O)c1cccc(C(=O)N[C@@H](C)[C@@H](N)C[C@@H](C)C(=O)NCC2CCCC2)c1. The number of benzene rings is 1. The first-order valence-electron chi connectivity index (χ1n) is 13.0. The third kappa shape index (κ3) is 8.42. The molecule has 0 radical (unpaired) electrons. The Kier molecular flexibility index (Phi) is 11.5. The van der Waals surface area contributed by atoms with Gasteiger partial charge in [-0.1, -0.05) is 39.7 Å². The molecule has 1 aliphatic rings. The van der Waals surface area contributed by atoms with Gasteiger partial charge in [-0.05, 0) is 63.1 Å². The lowest BCUT2D eigenvalue weighted by Gasteiger charge is -2.24. The van der Waals surface area contributed by atoms with Crippen LogP contribution in [0.5, 0.6) is 0 Å². The highest BCUT2D eigenvalue weighted by Gasteiger charge is 2.24. The lowest BCUT2D eigenvalue weighted by Crippen LogP contribution is -2.47. The van der Waals surface area contributed by atoms with Crippen molar-refractivity contribution in [1.82, 2.24) is 15.5 Å². The van der Waals surface area contributed by atoms with Gasteiger partial charge in [-0.15, -0.1) is 0 Å². The summed E-state index contributed by atoms with van der Waals surface area (Å²) in [5.41, 5.74) is 7.27. The Labute approximate surface area is 205 Å². The van der Waals surface area contributed by atoms with E-state index >= 15 is 0 Å². The van der Waals surface area contributed by atoms with Crippen LogP contribution in [0.1, 0.15) is 93.4 Å². The van der Waals surface area contributed by atoms with E-state index in [1.54, 1.807) is 24.3 Å². The molecule has 0 aromatic heterocycles. The first-order chi connectivity index (χ1) is 16.3. The van der Waals surface area contributed by atoms with Gasteiger partial charge in [-0.25, -0.2) is 0 Å². The normalized spacial score (nSPS) is 16.5. The second-order valence-electron chi connectivity index (χ2n) is 9.83. The van der Waals surface area contributed by atoms with Crippen LogP contribution in [0.2, 0.25) is 0 Å². The lowest BCUT2D eigenvalue weighted by molar-refractivity contribution is -0.125. The zero-order valence-corrected chi connectivity index (χ0v) is 21.4. The predicted octanol–water partition coefficient (Wildman–Crippen LogP) is 3.73. The molecule has 1 fully saturated rings. The van der Waals surface area contributed by atoms with E-state index < -0.39 is 0 Å². The topological polar surface area (TPSA) is 105 Å². The van der Waals surface area contributed by atoms with Crippen molar-refractivity contribution < 1.29 is 14.4 Å². The molecule has 190 valence electrons. The van der Waals surface area contributed by atoms with Crippen LogP contribution in [-0.4, -0.2) is 54.3 Å². The monoisotopic (exact) mass is 472 g/mol. The molecule has 7 heteroatoms. The van der Waals surface area contributed by atoms with Crippen molar-refractivity contribution in [2.24, 2.45) is 17.6 Å². The number of carbonyl (C=O) groups is 3. The molecule has 2 rings (SSSR count). The molecule has 0 spiro atoms. The Hall–Kier alpha value is -2.41. The Morgan fingerprint density at radius 1 is 1.06 bits per heavy atom. The molecule has 7 nitrogen and oxygen atoms in total. The number of hydrogen-bond acceptors (Lipinski definition) is 4. The van der Waals surface area contributed by atoms with Gasteiger partial charge in [-0.2, -0.15) is 0 Å². The molecular formula is C27H44N4O3. The van der Waals surface area contributed by atoms with Crippen molar-refractivity contribution >= 4 is 17.7 Å². The van der Waals surface area contributed by atoms with Crippen molar-refractivity contribution in [3.8, 4) is 0 Å². The molecule has 34 heavy (non-hydrogen) atoms. The van der Waals surface area contributed by atoms with Crippen molar-refractivity contribution in [1.29, 1.82) is 0 Å². The minimum Gasteiger partial charge on any atom is -0.356 e. The minimum absolute atomic E-state index is 0.0239. The van der Waals surface area contributed by atoms with Gasteiger partial charge in [0.05, 0.1) is 0 Å². The van der Waals surface area contributed by atoms with Crippen molar-refractivity contribution in [3.05, 3.63) is 35.4 Å². The summed E-state index contributed by atoms with van der Waals surface area (Å²) in [6, 6.07) is 6.16. The fourth-order valence-corrected chi connectivity index (χ4v) is 4.58. The Bertz CT molecular complexity index is 801. The van der Waals surface area contributed by atoms with Crippen LogP contribution in [0.3, 0.4) is 0 Å². The van der Waals surface area contributed by atoms with E-state index in [4.69, 9.17) is 5.73 Å². The summed E-state index contributed by atoms with van der Waals surface area (Å²) in [5, 5.41) is 6.00. The molecule has 0 heterocycles. The number of nitrogens with one attached hydrogen (secondary N) is 2. The van der Waals surface area contributed by atoms with Gasteiger partial charge in [0, 0.05) is 48.8 Å². The molecule has 1 aromatic rings. The smallest absolute Gasteiger partial charge is 0.253 e. The van der Waals surface area contributed by atoms with E-state index in [0.717, 1.165) is 19.4 Å². The van der Waals surface area contributed by atoms with Crippen molar-refractivity contribution in [2.75, 3.05) is 19.6 Å². The largest absolute Gasteiger partial charge is 0.356 e. The van der Waals surface area contributed by atoms with Crippen LogP contribution in [-0.2, 0) is 4.79 Å². The molecule has 3 amide bonds. The van der Waals surface area contributed by atoms with E-state index in [0.29, 0.717) is 36.6 Å². The van der Waals surface area contributed by atoms with Gasteiger partial charge in [0.25, 0.3) is 11.8 Å². The standard InChI is InChI=1S/C27H44N4O3/c1-5-14-31(15-6-2)27(34)23-13-9-12-22(17-23)26(33)30-20(4)24(28)16-19(3)25(32)29-18-21-10-7-8-11-21/h9,12-13,17,19-21,24H,5-8,10-11,14-16,18,28H2,1-4H3,(H,29,32)(H,30,33)/t19-,20+,24+/m1/s1. The molecule has 1 aliphatic carbocycles. The summed E-state index contributed by atoms with van der Waals surface area (Å²) in [4.78, 5) is 40.0. The number of hydrogen-bond donors (Lipinski definition) is 3. The molecule has 0 aliphatic heterocycles. The quantitative estimate of drug-likeness (QED) is 0.407. The van der Waals surface area contributed by atoms with Gasteiger partial charge in [-0.3, -0.25) is 14.4 Å². The fraction of sp³-hybridized carbons (Fsp3) is 0.667. The van der Waals surface area contributed by atoms with E-state index in [-0.39, 0.29) is 35.7 Å². The molecule has 3 atom stereocenters. The first kappa shape index (κ1) is 27.8. The second kappa shape index (κ2) is 14.1. The van der Waals surface area contributed by atoms with E-state index in [1.807, 2.05) is 32.6 Å². The minimum atomic E-state index is -0.356. The van der Waals surface area contributed by atoms with Gasteiger partial charge in [0.1, 0.15) is 0 Å². The van der Waals surface area contributed by atoms with Crippen LogP contribution < -0.4 is 16.4 Å². The first-order valence-corrected chi connectivity index (χ1v) is 13.0. The zero-order chi connectivity index (χ0) is 25.1. The number of rotatable bonds is 13. The summed E-state index contributed by atoms with van der Waals surface area (Å²) >= 11 is 0. The highest BCUT2D eigenvalue weighted by Crippen LogP contribution is 2.24. The maximum atomic E-state index is 12.9. The Morgan fingerprint density at radius 2 is 1.68 bits per heavy atom. The summed E-state index contributed by atoms with van der Waals surface area (Å²) in [7, 11) is 0. The third-order valence-corrected chi connectivity index (χ3v) is 6.76. The molecule has 4 N–H and O–H groups in total. The number of nitrogens with two attached hydrogens (primary N) is 1. The summed E-state index contributed by atoms with van der Waals surface area (Å²) in [6.07, 6.45) is 7.16. The Morgan fingerprint density at radius 3 is 2.29 bits per heavy atom. The van der Waals surface area contributed by atoms with Crippen LogP contribution in [0, 0.1) is 11.8 Å². The highest BCUT2D eigenvalue weighted by molar-refractivity contribution is 5.99. The molecule has 0 bridgehead atoms. The Balaban J connectivity index is 1.89. The van der Waals surface area contributed by atoms with Gasteiger partial charge in [0.15, 0.2) is 0 Å². The van der Waals surface area contributed by atoms with Crippen LogP contribution >= 0.6 is 0 Å². The molecular weight excluding hydrogens is 428 g/mol. The zero-order valence-electron chi connectivity index (χ0n) is 21.4. The van der Waals surface area contributed by atoms with Crippen LogP contribution in [0.25, 0.3) is 0 Å². The second-order valence-corrected chi connectivity index (χ2v) is 9.83. The van der Waals surface area contributed by atoms with E-state index in [9.17, 15) is 14.4 Å². The van der Waals surface area contributed by atoms with E-state index in [1.165, 1.54) is 25.7 Å². The molecule has 1 aromatic carbocycles. The number of amides is 3. The van der Waals surface area contributed by atoms with E-state index in [2.05, 4.69) is 10.6 Å². The average molecular weight is 473 g/mol. The summed E-state index contributed by atoms with van der Waals surface area (Å²) < 4.78 is 0. The molecule has 1 saturated carbocycles. The lowest BCUT2D eigenvalue weighted by atomic mass is 9.96. The maximum Gasteiger partial charge on any atom is 0.253 e. The average Bonchev–Trinajstić information content (AvgIpc) is 3.35. The van der Waals surface area contributed by atoms with Gasteiger partial charge < -0.3 is 21.3 Å². The van der Waals surface area contributed by atoms with Crippen molar-refractivity contribution in [2.45, 2.75) is 84.7 Å². The fourth-order valence-electron chi connectivity index (χ4n) is 4.58. The third-order valence-electron chi connectivity index (χ3n) is 6.76. The van der Waals surface area contributed by atoms with Gasteiger partial charge >= 0.3 is 0 Å². The van der Waals surface area contributed by atoms with Crippen molar-refractivity contribution in [3.63, 3.8) is 0 Å². The maximum absolute atomic E-state index is 12.9. The van der Waals surface area contributed by atoms with Gasteiger partial charge in [0.2, 0.25) is 5.91 Å². The molecule has 0 unspecified atom stereocenters. The van der Waals surface area contributed by atoms with Crippen LogP contribution in [0.15, 0.2) is 24.3 Å².